The van der Waals surface area contributed by atoms with Gasteiger partial charge in [0.25, 0.3) is 0 Å². The Morgan fingerprint density at radius 1 is 1.40 bits per heavy atom. The van der Waals surface area contributed by atoms with E-state index < -0.39 is 0 Å². The van der Waals surface area contributed by atoms with Crippen LogP contribution in [0, 0.1) is 6.92 Å². The minimum atomic E-state index is 0.413. The zero-order valence-corrected chi connectivity index (χ0v) is 12.9. The van der Waals surface area contributed by atoms with Crippen LogP contribution in [0.2, 0.25) is 0 Å². The number of aromatic nitrogens is 2. The van der Waals surface area contributed by atoms with Crippen LogP contribution in [0.25, 0.3) is 11.0 Å². The third kappa shape index (κ3) is 2.45. The maximum absolute atomic E-state index is 5.93. The summed E-state index contributed by atoms with van der Waals surface area (Å²) in [5, 5.41) is 0. The molecule has 1 saturated carbocycles. The van der Waals surface area contributed by atoms with Gasteiger partial charge < -0.3 is 9.30 Å². The summed E-state index contributed by atoms with van der Waals surface area (Å²) >= 11 is 5.93. The van der Waals surface area contributed by atoms with Gasteiger partial charge in [-0.3, -0.25) is 0 Å². The lowest BCUT2D eigenvalue weighted by molar-refractivity contribution is -0.0192. The first kappa shape index (κ1) is 13.9. The second-order valence-corrected chi connectivity index (χ2v) is 5.91. The molecule has 0 atom stereocenters. The van der Waals surface area contributed by atoms with Crippen LogP contribution in [-0.4, -0.2) is 28.1 Å². The lowest BCUT2D eigenvalue weighted by atomic mass is 9.88. The molecular weight excluding hydrogens is 272 g/mol. The van der Waals surface area contributed by atoms with Crippen LogP contribution < -0.4 is 0 Å². The molecule has 0 spiro atoms. The molecule has 0 aliphatic heterocycles. The number of hydrogen-bond donors (Lipinski definition) is 0. The van der Waals surface area contributed by atoms with Crippen LogP contribution >= 0.6 is 11.6 Å². The Kier molecular flexibility index (Phi) is 3.99. The van der Waals surface area contributed by atoms with Gasteiger partial charge in [-0.1, -0.05) is 6.07 Å². The number of ether oxygens (including phenoxy) is 1. The first-order chi connectivity index (χ1) is 9.72. The number of imidazole rings is 1. The van der Waals surface area contributed by atoms with Gasteiger partial charge in [0, 0.05) is 24.9 Å². The zero-order valence-electron chi connectivity index (χ0n) is 12.1. The third-order valence-electron chi connectivity index (χ3n) is 4.07. The van der Waals surface area contributed by atoms with Crippen molar-refractivity contribution in [3.8, 4) is 0 Å². The fraction of sp³-hybridized carbons (Fsp3) is 0.562. The van der Waals surface area contributed by atoms with Gasteiger partial charge in [-0.2, -0.15) is 0 Å². The Hall–Kier alpha value is -1.06. The van der Waals surface area contributed by atoms with Crippen molar-refractivity contribution in [3.63, 3.8) is 0 Å². The second kappa shape index (κ2) is 5.74. The van der Waals surface area contributed by atoms with Crippen LogP contribution in [0.3, 0.4) is 0 Å². The van der Waals surface area contributed by atoms with E-state index in [-0.39, 0.29) is 0 Å². The normalized spacial score (nSPS) is 22.1. The van der Waals surface area contributed by atoms with Gasteiger partial charge in [0.1, 0.15) is 5.82 Å². The van der Waals surface area contributed by atoms with E-state index in [0.717, 1.165) is 37.2 Å². The SMILES string of the molecule is CCOC1CC(n2c(CCCl)nc3ccc(C)cc32)C1. The van der Waals surface area contributed by atoms with E-state index in [2.05, 4.69) is 36.6 Å². The molecule has 1 aliphatic carbocycles. The smallest absolute Gasteiger partial charge is 0.111 e. The molecule has 0 saturated heterocycles. The molecule has 1 aliphatic rings. The monoisotopic (exact) mass is 292 g/mol. The first-order valence-corrected chi connectivity index (χ1v) is 7.91. The summed E-state index contributed by atoms with van der Waals surface area (Å²) in [5.41, 5.74) is 3.59. The van der Waals surface area contributed by atoms with Crippen molar-refractivity contribution < 1.29 is 4.74 Å². The van der Waals surface area contributed by atoms with Gasteiger partial charge >= 0.3 is 0 Å². The van der Waals surface area contributed by atoms with E-state index >= 15 is 0 Å². The lowest BCUT2D eigenvalue weighted by Crippen LogP contribution is -2.34. The fourth-order valence-corrected chi connectivity index (χ4v) is 3.21. The molecule has 0 unspecified atom stereocenters. The lowest BCUT2D eigenvalue weighted by Gasteiger charge is -2.37. The summed E-state index contributed by atoms with van der Waals surface area (Å²) in [6, 6.07) is 6.97. The Morgan fingerprint density at radius 2 is 2.20 bits per heavy atom. The summed E-state index contributed by atoms with van der Waals surface area (Å²) in [5.74, 6) is 1.73. The topological polar surface area (TPSA) is 27.1 Å². The average Bonchev–Trinajstić information content (AvgIpc) is 2.71. The van der Waals surface area contributed by atoms with Crippen LogP contribution in [0.4, 0.5) is 0 Å². The molecule has 20 heavy (non-hydrogen) atoms. The quantitative estimate of drug-likeness (QED) is 0.782. The molecule has 4 heteroatoms. The summed E-state index contributed by atoms with van der Waals surface area (Å²) < 4.78 is 8.07. The second-order valence-electron chi connectivity index (χ2n) is 5.53. The number of hydrogen-bond acceptors (Lipinski definition) is 2. The van der Waals surface area contributed by atoms with Gasteiger partial charge in [-0.25, -0.2) is 4.98 Å². The molecule has 0 N–H and O–H groups in total. The van der Waals surface area contributed by atoms with Crippen LogP contribution in [0.5, 0.6) is 0 Å². The van der Waals surface area contributed by atoms with E-state index in [1.165, 1.54) is 11.1 Å². The predicted molar refractivity (Wildman–Crippen MR) is 82.6 cm³/mol. The summed E-state index contributed by atoms with van der Waals surface area (Å²) in [4.78, 5) is 4.76. The minimum absolute atomic E-state index is 0.413. The summed E-state index contributed by atoms with van der Waals surface area (Å²) in [7, 11) is 0. The third-order valence-corrected chi connectivity index (χ3v) is 4.26. The van der Waals surface area contributed by atoms with E-state index in [9.17, 15) is 0 Å². The van der Waals surface area contributed by atoms with E-state index in [1.54, 1.807) is 0 Å². The number of alkyl halides is 1. The van der Waals surface area contributed by atoms with Crippen molar-refractivity contribution in [2.45, 2.75) is 45.3 Å². The van der Waals surface area contributed by atoms with E-state index in [1.807, 2.05) is 0 Å². The largest absolute Gasteiger partial charge is 0.378 e. The maximum atomic E-state index is 5.93. The fourth-order valence-electron chi connectivity index (χ4n) is 3.04. The molecule has 1 aromatic carbocycles. The van der Waals surface area contributed by atoms with E-state index in [0.29, 0.717) is 18.0 Å². The maximum Gasteiger partial charge on any atom is 0.111 e. The molecule has 1 heterocycles. The first-order valence-electron chi connectivity index (χ1n) is 7.38. The van der Waals surface area contributed by atoms with Gasteiger partial charge in [-0.15, -0.1) is 11.6 Å². The highest BCUT2D eigenvalue weighted by atomic mass is 35.5. The molecule has 0 bridgehead atoms. The number of fused-ring (bicyclic) bond motifs is 1. The molecule has 0 radical (unpaired) electrons. The predicted octanol–water partition coefficient (Wildman–Crippen LogP) is 3.87. The molecule has 2 aromatic rings. The Balaban J connectivity index is 1.95. The number of nitrogens with zero attached hydrogens (tertiary/aromatic N) is 2. The summed E-state index contributed by atoms with van der Waals surface area (Å²) in [6.07, 6.45) is 3.41. The average molecular weight is 293 g/mol. The van der Waals surface area contributed by atoms with Gasteiger partial charge in [-0.05, 0) is 44.4 Å². The number of halogens is 1. The Bertz CT molecular complexity index is 602. The zero-order chi connectivity index (χ0) is 14.1. The Labute approximate surface area is 124 Å². The number of rotatable bonds is 5. The van der Waals surface area contributed by atoms with Crippen LogP contribution in [0.1, 0.15) is 37.2 Å². The Morgan fingerprint density at radius 3 is 2.90 bits per heavy atom. The van der Waals surface area contributed by atoms with E-state index in [4.69, 9.17) is 21.3 Å². The number of benzene rings is 1. The van der Waals surface area contributed by atoms with Crippen molar-refractivity contribution in [2.75, 3.05) is 12.5 Å². The van der Waals surface area contributed by atoms with Crippen molar-refractivity contribution in [3.05, 3.63) is 29.6 Å². The van der Waals surface area contributed by atoms with Crippen molar-refractivity contribution in [1.29, 1.82) is 0 Å². The van der Waals surface area contributed by atoms with Crippen molar-refractivity contribution in [1.82, 2.24) is 9.55 Å². The number of aryl methyl sites for hydroxylation is 2. The van der Waals surface area contributed by atoms with Gasteiger partial charge in [0.2, 0.25) is 0 Å². The standard InChI is InChI=1S/C16H21ClN2O/c1-3-20-13-9-12(10-13)19-15-8-11(2)4-5-14(15)18-16(19)6-7-17/h4-5,8,12-13H,3,6-7,9-10H2,1-2H3. The highest BCUT2D eigenvalue weighted by Gasteiger charge is 2.33. The molecule has 0 amide bonds. The van der Waals surface area contributed by atoms with Gasteiger partial charge in [0.05, 0.1) is 17.1 Å². The molecule has 3 nitrogen and oxygen atoms in total. The van der Waals surface area contributed by atoms with Crippen molar-refractivity contribution >= 4 is 22.6 Å². The van der Waals surface area contributed by atoms with Crippen LogP contribution in [-0.2, 0) is 11.2 Å². The minimum Gasteiger partial charge on any atom is -0.378 e. The molecule has 3 rings (SSSR count). The highest BCUT2D eigenvalue weighted by Crippen LogP contribution is 2.38. The molecule has 1 fully saturated rings. The highest BCUT2D eigenvalue weighted by molar-refractivity contribution is 6.17. The van der Waals surface area contributed by atoms with Crippen LogP contribution in [0.15, 0.2) is 18.2 Å². The molecular formula is C16H21ClN2O. The molecule has 108 valence electrons. The molecule has 1 aromatic heterocycles. The summed E-state index contributed by atoms with van der Waals surface area (Å²) in [6.45, 7) is 4.99. The van der Waals surface area contributed by atoms with Crippen molar-refractivity contribution in [2.24, 2.45) is 0 Å². The van der Waals surface area contributed by atoms with Gasteiger partial charge in [0.15, 0.2) is 0 Å².